The molecule has 0 aliphatic heterocycles. The van der Waals surface area contributed by atoms with Crippen molar-refractivity contribution in [1.29, 1.82) is 0 Å². The second kappa shape index (κ2) is 6.04. The van der Waals surface area contributed by atoms with Gasteiger partial charge >= 0.3 is 0 Å². The zero-order valence-electron chi connectivity index (χ0n) is 9.94. The minimum Gasteiger partial charge on any atom is -0.333 e. The van der Waals surface area contributed by atoms with Crippen LogP contribution in [0, 0.1) is 0 Å². The summed E-state index contributed by atoms with van der Waals surface area (Å²) >= 11 is 11.5. The Morgan fingerprint density at radius 1 is 0.765 bits per heavy atom. The van der Waals surface area contributed by atoms with Gasteiger partial charge in [-0.3, -0.25) is 0 Å². The lowest BCUT2D eigenvalue weighted by Gasteiger charge is -2.31. The second-order valence-electron chi connectivity index (χ2n) is 5.00. The predicted molar refractivity (Wildman–Crippen MR) is 67.4 cm³/mol. The number of rotatable bonds is 6. The Balaban J connectivity index is 1.78. The molecule has 2 aliphatic rings. The first-order valence-corrected chi connectivity index (χ1v) is 7.03. The van der Waals surface area contributed by atoms with Crippen LogP contribution in [0.2, 0.25) is 0 Å². The van der Waals surface area contributed by atoms with Crippen molar-refractivity contribution in [3.8, 4) is 0 Å². The summed E-state index contributed by atoms with van der Waals surface area (Å²) in [5.41, 5.74) is -0.818. The first kappa shape index (κ1) is 13.8. The molecule has 4 nitrogen and oxygen atoms in total. The maximum atomic E-state index is 5.76. The first-order chi connectivity index (χ1) is 8.24. The van der Waals surface area contributed by atoms with E-state index in [1.807, 2.05) is 0 Å². The summed E-state index contributed by atoms with van der Waals surface area (Å²) in [4.78, 5) is 5.50. The number of ether oxygens (including phenoxy) is 2. The van der Waals surface area contributed by atoms with Gasteiger partial charge in [0.25, 0.3) is 0 Å². The van der Waals surface area contributed by atoms with Gasteiger partial charge in [-0.15, -0.1) is 0 Å². The zero-order valence-corrected chi connectivity index (χ0v) is 11.4. The zero-order chi connectivity index (χ0) is 12.2. The van der Waals surface area contributed by atoms with E-state index < -0.39 is 11.4 Å². The van der Waals surface area contributed by atoms with Crippen molar-refractivity contribution in [3.63, 3.8) is 0 Å². The van der Waals surface area contributed by atoms with Crippen LogP contribution in [-0.2, 0) is 9.47 Å². The van der Waals surface area contributed by atoms with Crippen molar-refractivity contribution < 1.29 is 9.47 Å². The molecule has 2 rings (SSSR count). The number of hydrogen-bond donors (Lipinski definition) is 2. The van der Waals surface area contributed by atoms with Crippen LogP contribution in [0.25, 0.3) is 0 Å². The van der Waals surface area contributed by atoms with Gasteiger partial charge in [0.1, 0.15) is 11.4 Å². The average molecular weight is 283 g/mol. The van der Waals surface area contributed by atoms with Gasteiger partial charge in [0, 0.05) is 0 Å². The minimum absolute atomic E-state index is 0.222. The fourth-order valence-electron chi connectivity index (χ4n) is 2.68. The Hall–Kier alpha value is 0.420. The van der Waals surface area contributed by atoms with E-state index in [9.17, 15) is 0 Å². The van der Waals surface area contributed by atoms with E-state index in [-0.39, 0.29) is 6.79 Å². The monoisotopic (exact) mass is 282 g/mol. The SMILES string of the molecule is ClNC1(OCOC2(NCl)CCCC2)CCCC1. The highest BCUT2D eigenvalue weighted by atomic mass is 35.5. The summed E-state index contributed by atoms with van der Waals surface area (Å²) in [5, 5.41) is 0. The third-order valence-electron chi connectivity index (χ3n) is 3.84. The molecule has 0 unspecified atom stereocenters. The summed E-state index contributed by atoms with van der Waals surface area (Å²) in [6.45, 7) is 0.222. The molecule has 0 amide bonds. The molecule has 0 heterocycles. The van der Waals surface area contributed by atoms with Crippen LogP contribution in [0.1, 0.15) is 51.4 Å². The van der Waals surface area contributed by atoms with Crippen LogP contribution in [0.15, 0.2) is 0 Å². The molecule has 0 atom stereocenters. The molecule has 0 aromatic carbocycles. The van der Waals surface area contributed by atoms with Gasteiger partial charge in [-0.2, -0.15) is 0 Å². The van der Waals surface area contributed by atoms with Crippen LogP contribution in [0.5, 0.6) is 0 Å². The van der Waals surface area contributed by atoms with Gasteiger partial charge in [-0.05, 0) is 74.9 Å². The molecule has 2 N–H and O–H groups in total. The Bertz CT molecular complexity index is 218. The van der Waals surface area contributed by atoms with E-state index in [0.29, 0.717) is 0 Å². The third-order valence-corrected chi connectivity index (χ3v) is 4.53. The quantitative estimate of drug-likeness (QED) is 0.581. The molecule has 2 fully saturated rings. The molecule has 0 aromatic heterocycles. The van der Waals surface area contributed by atoms with E-state index in [4.69, 9.17) is 33.0 Å². The van der Waals surface area contributed by atoms with Crippen LogP contribution < -0.4 is 9.67 Å². The largest absolute Gasteiger partial charge is 0.333 e. The molecular formula is C11H20Cl2N2O2. The van der Waals surface area contributed by atoms with Gasteiger partial charge < -0.3 is 9.47 Å². The molecular weight excluding hydrogens is 263 g/mol. The van der Waals surface area contributed by atoms with Gasteiger partial charge in [-0.1, -0.05) is 0 Å². The highest BCUT2D eigenvalue weighted by molar-refractivity contribution is 6.14. The van der Waals surface area contributed by atoms with E-state index in [1.165, 1.54) is 0 Å². The van der Waals surface area contributed by atoms with Crippen molar-refractivity contribution in [2.75, 3.05) is 6.79 Å². The Labute approximate surface area is 113 Å². The summed E-state index contributed by atoms with van der Waals surface area (Å²) in [6, 6.07) is 0. The minimum atomic E-state index is -0.409. The van der Waals surface area contributed by atoms with Gasteiger partial charge in [0.15, 0.2) is 6.79 Å². The number of nitrogens with one attached hydrogen (secondary N) is 2. The third kappa shape index (κ3) is 3.25. The molecule has 2 saturated carbocycles. The lowest BCUT2D eigenvalue weighted by Crippen LogP contribution is -2.45. The van der Waals surface area contributed by atoms with Crippen LogP contribution in [0.3, 0.4) is 0 Å². The summed E-state index contributed by atoms with van der Waals surface area (Å²) in [6.07, 6.45) is 8.28. The van der Waals surface area contributed by atoms with E-state index in [0.717, 1.165) is 51.4 Å². The second-order valence-corrected chi connectivity index (χ2v) is 5.38. The Kier molecular flexibility index (Phi) is 4.92. The number of hydrogen-bond acceptors (Lipinski definition) is 4. The van der Waals surface area contributed by atoms with E-state index >= 15 is 0 Å². The lowest BCUT2D eigenvalue weighted by atomic mass is 10.2. The lowest BCUT2D eigenvalue weighted by molar-refractivity contribution is -0.196. The fraction of sp³-hybridized carbons (Fsp3) is 1.00. The molecule has 0 bridgehead atoms. The smallest absolute Gasteiger partial charge is 0.151 e. The fourth-order valence-corrected chi connectivity index (χ4v) is 3.17. The topological polar surface area (TPSA) is 42.5 Å². The van der Waals surface area contributed by atoms with Gasteiger partial charge in [-0.25, -0.2) is 9.67 Å². The molecule has 0 spiro atoms. The van der Waals surface area contributed by atoms with Crippen molar-refractivity contribution in [2.45, 2.75) is 62.8 Å². The van der Waals surface area contributed by atoms with Crippen LogP contribution in [0.4, 0.5) is 0 Å². The Morgan fingerprint density at radius 2 is 1.12 bits per heavy atom. The molecule has 0 radical (unpaired) electrons. The first-order valence-electron chi connectivity index (χ1n) is 6.28. The van der Waals surface area contributed by atoms with Crippen LogP contribution in [-0.4, -0.2) is 18.2 Å². The normalized spacial score (nSPS) is 26.5. The van der Waals surface area contributed by atoms with Crippen LogP contribution >= 0.6 is 23.6 Å². The van der Waals surface area contributed by atoms with Crippen molar-refractivity contribution in [3.05, 3.63) is 0 Å². The standard InChI is InChI=1S/C11H20Cl2N2O2/c12-14-10(5-1-2-6-10)16-9-17-11(15-13)7-3-4-8-11/h14-15H,1-9H2. The van der Waals surface area contributed by atoms with Crippen molar-refractivity contribution in [2.24, 2.45) is 0 Å². The van der Waals surface area contributed by atoms with Gasteiger partial charge in [0.05, 0.1) is 0 Å². The highest BCUT2D eigenvalue weighted by Gasteiger charge is 2.37. The molecule has 0 aromatic rings. The van der Waals surface area contributed by atoms with Crippen molar-refractivity contribution in [1.82, 2.24) is 9.67 Å². The maximum Gasteiger partial charge on any atom is 0.151 e. The Morgan fingerprint density at radius 3 is 1.41 bits per heavy atom. The molecule has 100 valence electrons. The summed E-state index contributed by atoms with van der Waals surface area (Å²) < 4.78 is 11.5. The van der Waals surface area contributed by atoms with E-state index in [1.54, 1.807) is 0 Å². The predicted octanol–water partition coefficient (Wildman–Crippen LogP) is 3.00. The van der Waals surface area contributed by atoms with Crippen molar-refractivity contribution >= 4 is 23.6 Å². The molecule has 2 aliphatic carbocycles. The molecule has 0 saturated heterocycles. The summed E-state index contributed by atoms with van der Waals surface area (Å²) in [5.74, 6) is 0. The van der Waals surface area contributed by atoms with E-state index in [2.05, 4.69) is 9.67 Å². The highest BCUT2D eigenvalue weighted by Crippen LogP contribution is 2.34. The maximum absolute atomic E-state index is 5.76. The number of halogens is 2. The molecule has 6 heteroatoms. The van der Waals surface area contributed by atoms with Gasteiger partial charge in [0.2, 0.25) is 0 Å². The summed E-state index contributed by atoms with van der Waals surface area (Å²) in [7, 11) is 0. The molecule has 17 heavy (non-hydrogen) atoms. The average Bonchev–Trinajstić information content (AvgIpc) is 2.99.